The van der Waals surface area contributed by atoms with Crippen LogP contribution in [0.15, 0.2) is 29.4 Å². The van der Waals surface area contributed by atoms with Crippen LogP contribution in [-0.4, -0.2) is 35.1 Å². The lowest BCUT2D eigenvalue weighted by Crippen LogP contribution is -2.19. The zero-order chi connectivity index (χ0) is 13.7. The number of aromatic amines is 1. The number of hydrogen-bond donors (Lipinski definition) is 2. The Labute approximate surface area is 117 Å². The summed E-state index contributed by atoms with van der Waals surface area (Å²) < 4.78 is 5.40. The molecular formula is C13H18N4OS. The quantitative estimate of drug-likeness (QED) is 0.793. The molecular weight excluding hydrogens is 260 g/mol. The minimum atomic E-state index is 0.194. The van der Waals surface area contributed by atoms with E-state index >= 15 is 0 Å². The van der Waals surface area contributed by atoms with Crippen molar-refractivity contribution < 1.29 is 4.74 Å². The van der Waals surface area contributed by atoms with Gasteiger partial charge in [0.15, 0.2) is 0 Å². The summed E-state index contributed by atoms with van der Waals surface area (Å²) in [5.74, 6) is 2.57. The molecule has 0 aliphatic carbocycles. The molecule has 0 saturated heterocycles. The number of ether oxygens (including phenoxy) is 1. The molecule has 1 heterocycles. The first-order chi connectivity index (χ1) is 9.24. The van der Waals surface area contributed by atoms with E-state index in [0.717, 1.165) is 28.0 Å². The number of thioether (sulfide) groups is 1. The van der Waals surface area contributed by atoms with Crippen molar-refractivity contribution in [3.63, 3.8) is 0 Å². The van der Waals surface area contributed by atoms with Gasteiger partial charge in [0, 0.05) is 17.4 Å². The van der Waals surface area contributed by atoms with Crippen LogP contribution in [0, 0.1) is 6.92 Å². The normalized spacial score (nSPS) is 12.4. The third-order valence-electron chi connectivity index (χ3n) is 2.82. The van der Waals surface area contributed by atoms with Gasteiger partial charge < -0.3 is 10.1 Å². The predicted octanol–water partition coefficient (Wildman–Crippen LogP) is 2.17. The van der Waals surface area contributed by atoms with E-state index in [0.29, 0.717) is 0 Å². The Hall–Kier alpha value is -1.53. The van der Waals surface area contributed by atoms with Gasteiger partial charge in [0.1, 0.15) is 11.6 Å². The van der Waals surface area contributed by atoms with E-state index < -0.39 is 0 Å². The first-order valence-electron chi connectivity index (χ1n) is 6.06. The molecule has 0 bridgehead atoms. The van der Waals surface area contributed by atoms with Gasteiger partial charge in [-0.3, -0.25) is 5.10 Å². The average molecular weight is 278 g/mol. The first kappa shape index (κ1) is 13.9. The molecule has 0 radical (unpaired) electrons. The van der Waals surface area contributed by atoms with E-state index in [4.69, 9.17) is 4.74 Å². The first-order valence-corrected chi connectivity index (χ1v) is 7.05. The van der Waals surface area contributed by atoms with Crippen molar-refractivity contribution in [1.82, 2.24) is 20.5 Å². The van der Waals surface area contributed by atoms with E-state index in [-0.39, 0.29) is 6.04 Å². The van der Waals surface area contributed by atoms with Crippen LogP contribution in [0.5, 0.6) is 5.75 Å². The van der Waals surface area contributed by atoms with Crippen LogP contribution >= 0.6 is 11.8 Å². The SMILES string of the molecule is CNC(CSc1n[nH]c(C)n1)c1ccccc1OC. The Kier molecular flexibility index (Phi) is 4.81. The molecule has 1 aromatic carbocycles. The van der Waals surface area contributed by atoms with Crippen molar-refractivity contribution in [3.8, 4) is 5.75 Å². The number of H-pyrrole nitrogens is 1. The van der Waals surface area contributed by atoms with Gasteiger partial charge in [0.2, 0.25) is 5.16 Å². The van der Waals surface area contributed by atoms with Crippen LogP contribution in [-0.2, 0) is 0 Å². The standard InChI is InChI=1S/C13H18N4OS/c1-9-15-13(17-16-9)19-8-11(14-2)10-6-4-5-7-12(10)18-3/h4-7,11,14H,8H2,1-3H3,(H,15,16,17). The minimum absolute atomic E-state index is 0.194. The summed E-state index contributed by atoms with van der Waals surface area (Å²) in [6.45, 7) is 1.90. The highest BCUT2D eigenvalue weighted by Gasteiger charge is 2.15. The Bertz CT molecular complexity index is 529. The number of aromatic nitrogens is 3. The van der Waals surface area contributed by atoms with Gasteiger partial charge in [-0.05, 0) is 20.0 Å². The van der Waals surface area contributed by atoms with Crippen molar-refractivity contribution in [2.45, 2.75) is 18.1 Å². The maximum Gasteiger partial charge on any atom is 0.208 e. The van der Waals surface area contributed by atoms with Crippen LogP contribution < -0.4 is 10.1 Å². The van der Waals surface area contributed by atoms with Crippen molar-refractivity contribution in [2.24, 2.45) is 0 Å². The molecule has 6 heteroatoms. The molecule has 0 fully saturated rings. The number of nitrogens with zero attached hydrogens (tertiary/aromatic N) is 2. The molecule has 1 aromatic heterocycles. The summed E-state index contributed by atoms with van der Waals surface area (Å²) in [4.78, 5) is 4.29. The molecule has 0 aliphatic heterocycles. The number of para-hydroxylation sites is 1. The van der Waals surface area contributed by atoms with Crippen molar-refractivity contribution in [3.05, 3.63) is 35.7 Å². The zero-order valence-electron chi connectivity index (χ0n) is 11.3. The van der Waals surface area contributed by atoms with E-state index in [1.165, 1.54) is 0 Å². The molecule has 102 valence electrons. The maximum absolute atomic E-state index is 5.40. The second kappa shape index (κ2) is 6.58. The van der Waals surface area contributed by atoms with Gasteiger partial charge >= 0.3 is 0 Å². The molecule has 0 spiro atoms. The summed E-state index contributed by atoms with van der Waals surface area (Å²) in [6.07, 6.45) is 0. The average Bonchev–Trinajstić information content (AvgIpc) is 2.86. The molecule has 2 rings (SSSR count). The second-order valence-corrected chi connectivity index (χ2v) is 5.08. The fourth-order valence-corrected chi connectivity index (χ4v) is 2.80. The lowest BCUT2D eigenvalue weighted by atomic mass is 10.1. The summed E-state index contributed by atoms with van der Waals surface area (Å²) >= 11 is 1.62. The van der Waals surface area contributed by atoms with Crippen LogP contribution in [0.3, 0.4) is 0 Å². The second-order valence-electron chi connectivity index (χ2n) is 4.10. The number of aryl methyl sites for hydroxylation is 1. The summed E-state index contributed by atoms with van der Waals surface area (Å²) in [5, 5.41) is 11.0. The topological polar surface area (TPSA) is 62.8 Å². The highest BCUT2D eigenvalue weighted by atomic mass is 32.2. The summed E-state index contributed by atoms with van der Waals surface area (Å²) in [6, 6.07) is 8.23. The minimum Gasteiger partial charge on any atom is -0.496 e. The van der Waals surface area contributed by atoms with Crippen molar-refractivity contribution in [2.75, 3.05) is 19.9 Å². The van der Waals surface area contributed by atoms with Crippen LogP contribution in [0.1, 0.15) is 17.4 Å². The van der Waals surface area contributed by atoms with Crippen LogP contribution in [0.4, 0.5) is 0 Å². The van der Waals surface area contributed by atoms with Gasteiger partial charge in [-0.1, -0.05) is 30.0 Å². The van der Waals surface area contributed by atoms with Gasteiger partial charge in [-0.15, -0.1) is 5.10 Å². The molecule has 19 heavy (non-hydrogen) atoms. The Morgan fingerprint density at radius 3 is 2.84 bits per heavy atom. The molecule has 1 atom stereocenters. The summed E-state index contributed by atoms with van der Waals surface area (Å²) in [5.41, 5.74) is 1.15. The van der Waals surface area contributed by atoms with E-state index in [1.807, 2.05) is 32.2 Å². The molecule has 1 unspecified atom stereocenters. The van der Waals surface area contributed by atoms with Crippen LogP contribution in [0.2, 0.25) is 0 Å². The molecule has 2 aromatic rings. The highest BCUT2D eigenvalue weighted by Crippen LogP contribution is 2.28. The number of nitrogens with one attached hydrogen (secondary N) is 2. The monoisotopic (exact) mass is 278 g/mol. The van der Waals surface area contributed by atoms with E-state index in [1.54, 1.807) is 18.9 Å². The number of benzene rings is 1. The highest BCUT2D eigenvalue weighted by molar-refractivity contribution is 7.99. The maximum atomic E-state index is 5.40. The number of rotatable bonds is 6. The van der Waals surface area contributed by atoms with Crippen molar-refractivity contribution in [1.29, 1.82) is 0 Å². The lowest BCUT2D eigenvalue weighted by Gasteiger charge is -2.18. The number of hydrogen-bond acceptors (Lipinski definition) is 5. The molecule has 0 saturated carbocycles. The molecule has 0 aliphatic rings. The van der Waals surface area contributed by atoms with Gasteiger partial charge in [0.25, 0.3) is 0 Å². The van der Waals surface area contributed by atoms with Crippen LogP contribution in [0.25, 0.3) is 0 Å². The Morgan fingerprint density at radius 2 is 2.21 bits per heavy atom. The van der Waals surface area contributed by atoms with E-state index in [9.17, 15) is 0 Å². The fourth-order valence-electron chi connectivity index (χ4n) is 1.83. The Balaban J connectivity index is 2.07. The Morgan fingerprint density at radius 1 is 1.42 bits per heavy atom. The van der Waals surface area contributed by atoms with Crippen molar-refractivity contribution >= 4 is 11.8 Å². The third-order valence-corrected chi connectivity index (χ3v) is 3.76. The van der Waals surface area contributed by atoms with Gasteiger partial charge in [-0.2, -0.15) is 0 Å². The smallest absolute Gasteiger partial charge is 0.208 e. The zero-order valence-corrected chi connectivity index (χ0v) is 12.1. The fraction of sp³-hybridized carbons (Fsp3) is 0.385. The van der Waals surface area contributed by atoms with Gasteiger partial charge in [0.05, 0.1) is 7.11 Å². The largest absolute Gasteiger partial charge is 0.496 e. The number of methoxy groups -OCH3 is 1. The summed E-state index contributed by atoms with van der Waals surface area (Å²) in [7, 11) is 3.64. The molecule has 0 amide bonds. The van der Waals surface area contributed by atoms with Gasteiger partial charge in [-0.25, -0.2) is 4.98 Å². The van der Waals surface area contributed by atoms with E-state index in [2.05, 4.69) is 26.6 Å². The molecule has 2 N–H and O–H groups in total. The predicted molar refractivity (Wildman–Crippen MR) is 76.6 cm³/mol. The third kappa shape index (κ3) is 3.48. The molecule has 5 nitrogen and oxygen atoms in total. The lowest BCUT2D eigenvalue weighted by molar-refractivity contribution is 0.404.